The van der Waals surface area contributed by atoms with Gasteiger partial charge >= 0.3 is 6.09 Å². The van der Waals surface area contributed by atoms with Crippen LogP contribution in [0.1, 0.15) is 40.0 Å². The average molecular weight is 386 g/mol. The molecule has 0 unspecified atom stereocenters. The molecular formula is C22H31N3O3. The Labute approximate surface area is 168 Å². The van der Waals surface area contributed by atoms with Crippen LogP contribution in [0.4, 0.5) is 16.2 Å². The Morgan fingerprint density at radius 3 is 2.43 bits per heavy atom. The van der Waals surface area contributed by atoms with Gasteiger partial charge in [0.1, 0.15) is 5.60 Å². The van der Waals surface area contributed by atoms with Gasteiger partial charge in [-0.25, -0.2) is 9.64 Å². The van der Waals surface area contributed by atoms with E-state index in [0.29, 0.717) is 11.6 Å². The SMILES string of the molecule is [C-]#[N+]c1ccc(N2CC[C@H](OCC3CCN(C(=O)OC(C)(C)C)CC3)C2)cc1. The summed E-state index contributed by atoms with van der Waals surface area (Å²) in [4.78, 5) is 19.7. The van der Waals surface area contributed by atoms with Crippen LogP contribution in [0.5, 0.6) is 0 Å². The lowest BCUT2D eigenvalue weighted by molar-refractivity contribution is 0.00249. The molecule has 0 saturated carbocycles. The van der Waals surface area contributed by atoms with Gasteiger partial charge in [0.05, 0.1) is 12.7 Å². The summed E-state index contributed by atoms with van der Waals surface area (Å²) in [5, 5.41) is 0. The van der Waals surface area contributed by atoms with Gasteiger partial charge in [0, 0.05) is 38.5 Å². The predicted octanol–water partition coefficient (Wildman–Crippen LogP) is 4.48. The number of amides is 1. The number of carbonyl (C=O) groups is 1. The molecule has 1 aromatic carbocycles. The molecule has 0 aliphatic carbocycles. The molecule has 0 radical (unpaired) electrons. The van der Waals surface area contributed by atoms with E-state index in [9.17, 15) is 4.79 Å². The fourth-order valence-electron chi connectivity index (χ4n) is 3.72. The lowest BCUT2D eigenvalue weighted by Gasteiger charge is -2.33. The van der Waals surface area contributed by atoms with E-state index >= 15 is 0 Å². The molecule has 2 saturated heterocycles. The van der Waals surface area contributed by atoms with Gasteiger partial charge in [0.15, 0.2) is 5.69 Å². The van der Waals surface area contributed by atoms with Crippen molar-refractivity contribution in [1.29, 1.82) is 0 Å². The van der Waals surface area contributed by atoms with Crippen molar-refractivity contribution in [3.05, 3.63) is 35.7 Å². The molecule has 0 N–H and O–H groups in total. The van der Waals surface area contributed by atoms with E-state index in [4.69, 9.17) is 16.0 Å². The molecule has 1 atom stereocenters. The van der Waals surface area contributed by atoms with Crippen molar-refractivity contribution in [1.82, 2.24) is 4.90 Å². The number of rotatable bonds is 4. The number of nitrogens with zero attached hydrogens (tertiary/aromatic N) is 3. The first-order valence-electron chi connectivity index (χ1n) is 10.2. The zero-order valence-corrected chi connectivity index (χ0v) is 17.2. The number of likely N-dealkylation sites (tertiary alicyclic amines) is 1. The number of benzene rings is 1. The van der Waals surface area contributed by atoms with Gasteiger partial charge in [-0.05, 0) is 58.1 Å². The summed E-state index contributed by atoms with van der Waals surface area (Å²) in [6, 6.07) is 7.77. The van der Waals surface area contributed by atoms with Gasteiger partial charge in [0.25, 0.3) is 0 Å². The highest BCUT2D eigenvalue weighted by Gasteiger charge is 2.28. The quantitative estimate of drug-likeness (QED) is 0.717. The minimum Gasteiger partial charge on any atom is -0.444 e. The van der Waals surface area contributed by atoms with Crippen molar-refractivity contribution < 1.29 is 14.3 Å². The van der Waals surface area contributed by atoms with Gasteiger partial charge < -0.3 is 19.3 Å². The van der Waals surface area contributed by atoms with Crippen molar-refractivity contribution in [2.24, 2.45) is 5.92 Å². The number of carbonyl (C=O) groups excluding carboxylic acids is 1. The Balaban J connectivity index is 1.38. The normalized spacial score (nSPS) is 20.9. The van der Waals surface area contributed by atoms with Gasteiger partial charge in [-0.2, -0.15) is 0 Å². The second kappa shape index (κ2) is 8.83. The molecule has 2 fully saturated rings. The van der Waals surface area contributed by atoms with Gasteiger partial charge in [-0.1, -0.05) is 12.1 Å². The van der Waals surface area contributed by atoms with Crippen LogP contribution in [0.15, 0.2) is 24.3 Å². The van der Waals surface area contributed by atoms with E-state index in [0.717, 1.165) is 57.7 Å². The summed E-state index contributed by atoms with van der Waals surface area (Å²) in [5.41, 5.74) is 1.39. The van der Waals surface area contributed by atoms with Crippen LogP contribution >= 0.6 is 0 Å². The minimum atomic E-state index is -0.443. The van der Waals surface area contributed by atoms with Gasteiger partial charge in [-0.15, -0.1) is 0 Å². The molecule has 152 valence electrons. The van der Waals surface area contributed by atoms with Gasteiger partial charge in [0.2, 0.25) is 0 Å². The Kier molecular flexibility index (Phi) is 6.46. The molecule has 2 aliphatic rings. The van der Waals surface area contributed by atoms with Crippen molar-refractivity contribution in [2.45, 2.75) is 51.7 Å². The molecule has 2 heterocycles. The zero-order valence-electron chi connectivity index (χ0n) is 17.2. The van der Waals surface area contributed by atoms with Gasteiger partial charge in [-0.3, -0.25) is 0 Å². The lowest BCUT2D eigenvalue weighted by atomic mass is 9.98. The standard InChI is InChI=1S/C22H31N3O3/c1-22(2,3)28-21(26)24-12-9-17(10-13-24)16-27-20-11-14-25(15-20)19-7-5-18(23-4)6-8-19/h5-8,17,20H,9-16H2,1-3H3/t20-/m0/s1. The Morgan fingerprint density at radius 2 is 1.82 bits per heavy atom. The van der Waals surface area contributed by atoms with Crippen LogP contribution in [-0.4, -0.2) is 55.5 Å². The molecule has 0 bridgehead atoms. The molecule has 3 rings (SSSR count). The van der Waals surface area contributed by atoms with E-state index in [1.165, 1.54) is 0 Å². The molecule has 6 nitrogen and oxygen atoms in total. The molecule has 0 aromatic heterocycles. The average Bonchev–Trinajstić information content (AvgIpc) is 3.14. The van der Waals surface area contributed by atoms with Crippen LogP contribution < -0.4 is 4.90 Å². The van der Waals surface area contributed by atoms with Crippen LogP contribution in [0.3, 0.4) is 0 Å². The number of ether oxygens (including phenoxy) is 2. The molecular weight excluding hydrogens is 354 g/mol. The third-order valence-electron chi connectivity index (χ3n) is 5.32. The van der Waals surface area contributed by atoms with Crippen LogP contribution in [0.25, 0.3) is 4.85 Å². The maximum atomic E-state index is 12.1. The number of hydrogen-bond acceptors (Lipinski definition) is 4. The largest absolute Gasteiger partial charge is 0.444 e. The fourth-order valence-corrected chi connectivity index (χ4v) is 3.72. The van der Waals surface area contributed by atoms with Crippen molar-refractivity contribution in [3.8, 4) is 0 Å². The highest BCUT2D eigenvalue weighted by molar-refractivity contribution is 5.68. The molecule has 2 aliphatic heterocycles. The topological polar surface area (TPSA) is 46.4 Å². The van der Waals surface area contributed by atoms with E-state index in [1.54, 1.807) is 0 Å². The second-order valence-corrected chi connectivity index (χ2v) is 8.73. The molecule has 1 aromatic rings. The Morgan fingerprint density at radius 1 is 1.14 bits per heavy atom. The van der Waals surface area contributed by atoms with E-state index in [1.807, 2.05) is 49.9 Å². The first-order chi connectivity index (χ1) is 13.3. The number of hydrogen-bond donors (Lipinski definition) is 0. The van der Waals surface area contributed by atoms with Crippen LogP contribution in [0, 0.1) is 12.5 Å². The summed E-state index contributed by atoms with van der Waals surface area (Å²) < 4.78 is 11.6. The summed E-state index contributed by atoms with van der Waals surface area (Å²) in [6.45, 7) is 16.9. The van der Waals surface area contributed by atoms with E-state index in [-0.39, 0.29) is 12.2 Å². The zero-order chi connectivity index (χ0) is 20.1. The summed E-state index contributed by atoms with van der Waals surface area (Å²) in [7, 11) is 0. The molecule has 1 amide bonds. The maximum Gasteiger partial charge on any atom is 0.410 e. The monoisotopic (exact) mass is 385 g/mol. The Hall–Kier alpha value is -2.26. The summed E-state index contributed by atoms with van der Waals surface area (Å²) >= 11 is 0. The first-order valence-corrected chi connectivity index (χ1v) is 10.2. The van der Waals surface area contributed by atoms with Crippen molar-refractivity contribution in [3.63, 3.8) is 0 Å². The first kappa shape index (κ1) is 20.5. The molecule has 28 heavy (non-hydrogen) atoms. The van der Waals surface area contributed by atoms with E-state index < -0.39 is 5.60 Å². The summed E-state index contributed by atoms with van der Waals surface area (Å²) in [5.74, 6) is 0.505. The maximum absolute atomic E-state index is 12.1. The fraction of sp³-hybridized carbons (Fsp3) is 0.636. The van der Waals surface area contributed by atoms with Crippen molar-refractivity contribution >= 4 is 17.5 Å². The smallest absolute Gasteiger partial charge is 0.410 e. The highest BCUT2D eigenvalue weighted by atomic mass is 16.6. The molecule has 6 heteroatoms. The third kappa shape index (κ3) is 5.62. The minimum absolute atomic E-state index is 0.206. The van der Waals surface area contributed by atoms with Crippen LogP contribution in [0.2, 0.25) is 0 Å². The highest BCUT2D eigenvalue weighted by Crippen LogP contribution is 2.26. The second-order valence-electron chi connectivity index (χ2n) is 8.73. The Bertz CT molecular complexity index is 697. The lowest BCUT2D eigenvalue weighted by Crippen LogP contribution is -2.42. The summed E-state index contributed by atoms with van der Waals surface area (Å²) in [6.07, 6.45) is 3.01. The van der Waals surface area contributed by atoms with Crippen LogP contribution in [-0.2, 0) is 9.47 Å². The van der Waals surface area contributed by atoms with Crippen molar-refractivity contribution in [2.75, 3.05) is 37.7 Å². The number of piperidine rings is 1. The third-order valence-corrected chi connectivity index (χ3v) is 5.32. The predicted molar refractivity (Wildman–Crippen MR) is 110 cm³/mol. The number of anilines is 1. The molecule has 0 spiro atoms. The van der Waals surface area contributed by atoms with E-state index in [2.05, 4.69) is 9.74 Å².